The minimum Gasteiger partial charge on any atom is -0.370 e. The first-order valence-corrected chi connectivity index (χ1v) is 5.96. The van der Waals surface area contributed by atoms with Crippen LogP contribution in [0.3, 0.4) is 0 Å². The average molecular weight is 236 g/mol. The summed E-state index contributed by atoms with van der Waals surface area (Å²) in [4.78, 5) is 2.16. The van der Waals surface area contributed by atoms with Crippen molar-refractivity contribution in [2.45, 2.75) is 13.5 Å². The largest absolute Gasteiger partial charge is 0.370 e. The third-order valence-electron chi connectivity index (χ3n) is 3.08. The Balaban J connectivity index is 2.20. The van der Waals surface area contributed by atoms with E-state index in [0.29, 0.717) is 5.56 Å². The summed E-state index contributed by atoms with van der Waals surface area (Å²) in [6.07, 6.45) is 0. The van der Waals surface area contributed by atoms with E-state index in [2.05, 4.69) is 42.2 Å². The first-order valence-electron chi connectivity index (χ1n) is 5.96. The lowest BCUT2D eigenvalue weighted by atomic mass is 10.1. The van der Waals surface area contributed by atoms with Crippen LogP contribution in [0.15, 0.2) is 48.5 Å². The average Bonchev–Trinajstić information content (AvgIpc) is 2.41. The Hall–Kier alpha value is -2.27. The van der Waals surface area contributed by atoms with E-state index in [1.165, 1.54) is 11.1 Å². The molecule has 0 saturated heterocycles. The van der Waals surface area contributed by atoms with Gasteiger partial charge in [-0.3, -0.25) is 0 Å². The Morgan fingerprint density at radius 1 is 1.11 bits per heavy atom. The zero-order valence-corrected chi connectivity index (χ0v) is 10.7. The fraction of sp³-hybridized carbons (Fsp3) is 0.188. The van der Waals surface area contributed by atoms with Crippen molar-refractivity contribution in [3.8, 4) is 6.07 Å². The second kappa shape index (κ2) is 5.37. The number of hydrogen-bond donors (Lipinski definition) is 0. The standard InChI is InChI=1S/C16H16N2/c1-13-6-3-4-8-15(13)12-18(2)16-9-5-7-14(10-16)11-17/h3-10H,12H2,1-2H3. The zero-order chi connectivity index (χ0) is 13.0. The molecule has 2 heteroatoms. The molecule has 0 amide bonds. The van der Waals surface area contributed by atoms with Crippen molar-refractivity contribution >= 4 is 5.69 Å². The van der Waals surface area contributed by atoms with Crippen LogP contribution in [0.5, 0.6) is 0 Å². The minimum absolute atomic E-state index is 0.698. The first kappa shape index (κ1) is 12.2. The Morgan fingerprint density at radius 2 is 1.89 bits per heavy atom. The first-order chi connectivity index (χ1) is 8.70. The molecule has 2 nitrogen and oxygen atoms in total. The quantitative estimate of drug-likeness (QED) is 0.815. The molecule has 18 heavy (non-hydrogen) atoms. The third-order valence-corrected chi connectivity index (χ3v) is 3.08. The molecule has 0 spiro atoms. The van der Waals surface area contributed by atoms with Crippen molar-refractivity contribution in [3.63, 3.8) is 0 Å². The molecule has 0 fully saturated rings. The Morgan fingerprint density at radius 3 is 2.61 bits per heavy atom. The van der Waals surface area contributed by atoms with Gasteiger partial charge in [0.2, 0.25) is 0 Å². The molecule has 0 heterocycles. The van der Waals surface area contributed by atoms with Crippen molar-refractivity contribution in [1.29, 1.82) is 5.26 Å². The maximum Gasteiger partial charge on any atom is 0.0992 e. The number of rotatable bonds is 3. The normalized spacial score (nSPS) is 9.83. The lowest BCUT2D eigenvalue weighted by molar-refractivity contribution is 0.914. The molecule has 0 aliphatic heterocycles. The van der Waals surface area contributed by atoms with E-state index in [9.17, 15) is 0 Å². The predicted molar refractivity (Wildman–Crippen MR) is 74.4 cm³/mol. The summed E-state index contributed by atoms with van der Waals surface area (Å²) < 4.78 is 0. The van der Waals surface area contributed by atoms with Gasteiger partial charge in [-0.15, -0.1) is 0 Å². The third kappa shape index (κ3) is 2.70. The van der Waals surface area contributed by atoms with Crippen LogP contribution >= 0.6 is 0 Å². The molecule has 0 saturated carbocycles. The van der Waals surface area contributed by atoms with Crippen molar-refractivity contribution in [2.24, 2.45) is 0 Å². The van der Waals surface area contributed by atoms with Gasteiger partial charge in [-0.1, -0.05) is 30.3 Å². The summed E-state index contributed by atoms with van der Waals surface area (Å²) in [5, 5.41) is 8.91. The number of nitriles is 1. The highest BCUT2D eigenvalue weighted by Gasteiger charge is 2.04. The van der Waals surface area contributed by atoms with Gasteiger partial charge in [-0.05, 0) is 36.2 Å². The maximum atomic E-state index is 8.91. The summed E-state index contributed by atoms with van der Waals surface area (Å²) in [6.45, 7) is 2.97. The molecule has 0 aliphatic rings. The molecule has 0 N–H and O–H groups in total. The molecule has 0 aromatic heterocycles. The Labute approximate surface area is 108 Å². The highest BCUT2D eigenvalue weighted by atomic mass is 15.1. The molecular formula is C16H16N2. The SMILES string of the molecule is Cc1ccccc1CN(C)c1cccc(C#N)c1. The van der Waals surface area contributed by atoms with Crippen molar-refractivity contribution < 1.29 is 0 Å². The van der Waals surface area contributed by atoms with Crippen LogP contribution in [-0.2, 0) is 6.54 Å². The summed E-state index contributed by atoms with van der Waals surface area (Å²) in [5.74, 6) is 0. The van der Waals surface area contributed by atoms with Gasteiger partial charge in [0.05, 0.1) is 11.6 Å². The fourth-order valence-electron chi connectivity index (χ4n) is 1.95. The Bertz CT molecular complexity index is 582. The van der Waals surface area contributed by atoms with E-state index in [1.807, 2.05) is 31.3 Å². The topological polar surface area (TPSA) is 27.0 Å². The highest BCUT2D eigenvalue weighted by molar-refractivity contribution is 5.51. The predicted octanol–water partition coefficient (Wildman–Crippen LogP) is 3.50. The van der Waals surface area contributed by atoms with Gasteiger partial charge in [0.25, 0.3) is 0 Å². The van der Waals surface area contributed by atoms with Crippen LogP contribution in [0.4, 0.5) is 5.69 Å². The number of anilines is 1. The molecular weight excluding hydrogens is 220 g/mol. The van der Waals surface area contributed by atoms with E-state index in [4.69, 9.17) is 5.26 Å². The molecule has 2 aromatic rings. The summed E-state index contributed by atoms with van der Waals surface area (Å²) in [5.41, 5.74) is 4.37. The highest BCUT2D eigenvalue weighted by Crippen LogP contribution is 2.18. The van der Waals surface area contributed by atoms with Gasteiger partial charge < -0.3 is 4.90 Å². The van der Waals surface area contributed by atoms with E-state index in [1.54, 1.807) is 0 Å². The van der Waals surface area contributed by atoms with E-state index in [0.717, 1.165) is 12.2 Å². The smallest absolute Gasteiger partial charge is 0.0992 e. The summed E-state index contributed by atoms with van der Waals surface area (Å²) in [7, 11) is 2.04. The maximum absolute atomic E-state index is 8.91. The second-order valence-electron chi connectivity index (χ2n) is 4.44. The molecule has 0 bridgehead atoms. The van der Waals surface area contributed by atoms with Crippen LogP contribution in [0.25, 0.3) is 0 Å². The Kier molecular flexibility index (Phi) is 3.64. The molecule has 0 atom stereocenters. The molecule has 0 aliphatic carbocycles. The van der Waals surface area contributed by atoms with Crippen molar-refractivity contribution in [3.05, 3.63) is 65.2 Å². The monoisotopic (exact) mass is 236 g/mol. The van der Waals surface area contributed by atoms with Gasteiger partial charge in [0, 0.05) is 19.3 Å². The molecule has 90 valence electrons. The molecule has 0 radical (unpaired) electrons. The number of aryl methyl sites for hydroxylation is 1. The van der Waals surface area contributed by atoms with Crippen LogP contribution < -0.4 is 4.90 Å². The van der Waals surface area contributed by atoms with Crippen molar-refractivity contribution in [2.75, 3.05) is 11.9 Å². The lowest BCUT2D eigenvalue weighted by Gasteiger charge is -2.20. The van der Waals surface area contributed by atoms with Gasteiger partial charge in [-0.2, -0.15) is 5.26 Å². The van der Waals surface area contributed by atoms with Gasteiger partial charge >= 0.3 is 0 Å². The molecule has 0 unspecified atom stereocenters. The van der Waals surface area contributed by atoms with E-state index in [-0.39, 0.29) is 0 Å². The molecule has 2 aromatic carbocycles. The summed E-state index contributed by atoms with van der Waals surface area (Å²) in [6, 6.07) is 18.2. The number of nitrogens with zero attached hydrogens (tertiary/aromatic N) is 2. The zero-order valence-electron chi connectivity index (χ0n) is 10.7. The fourth-order valence-corrected chi connectivity index (χ4v) is 1.95. The van der Waals surface area contributed by atoms with Crippen LogP contribution in [0.2, 0.25) is 0 Å². The van der Waals surface area contributed by atoms with E-state index >= 15 is 0 Å². The summed E-state index contributed by atoms with van der Waals surface area (Å²) >= 11 is 0. The van der Waals surface area contributed by atoms with Crippen LogP contribution in [-0.4, -0.2) is 7.05 Å². The van der Waals surface area contributed by atoms with Gasteiger partial charge in [0.15, 0.2) is 0 Å². The van der Waals surface area contributed by atoms with Crippen molar-refractivity contribution in [1.82, 2.24) is 0 Å². The number of hydrogen-bond acceptors (Lipinski definition) is 2. The van der Waals surface area contributed by atoms with Crippen LogP contribution in [0.1, 0.15) is 16.7 Å². The van der Waals surface area contributed by atoms with Crippen LogP contribution in [0, 0.1) is 18.3 Å². The van der Waals surface area contributed by atoms with Gasteiger partial charge in [0.1, 0.15) is 0 Å². The minimum atomic E-state index is 0.698. The molecule has 2 rings (SSSR count). The second-order valence-corrected chi connectivity index (χ2v) is 4.44. The lowest BCUT2D eigenvalue weighted by Crippen LogP contribution is -2.17. The van der Waals surface area contributed by atoms with E-state index < -0.39 is 0 Å². The number of benzene rings is 2. The van der Waals surface area contributed by atoms with Gasteiger partial charge in [-0.25, -0.2) is 0 Å².